The van der Waals surface area contributed by atoms with Crippen molar-refractivity contribution in [1.29, 1.82) is 0 Å². The minimum absolute atomic E-state index is 0.00548. The van der Waals surface area contributed by atoms with Crippen LogP contribution in [0.5, 0.6) is 0 Å². The van der Waals surface area contributed by atoms with E-state index in [1.54, 1.807) is 36.4 Å². The minimum atomic E-state index is -5.35. The van der Waals surface area contributed by atoms with Crippen molar-refractivity contribution in [1.82, 2.24) is 0 Å². The summed E-state index contributed by atoms with van der Waals surface area (Å²) in [6.45, 7) is 0. The zero-order chi connectivity index (χ0) is 19.6. The first kappa shape index (κ1) is 18.3. The number of hydrogen-bond donors (Lipinski definition) is 2. The molecule has 0 aliphatic rings. The summed E-state index contributed by atoms with van der Waals surface area (Å²) in [4.78, 5) is -0.0110. The Kier molecular flexibility index (Phi) is 4.47. The van der Waals surface area contributed by atoms with Gasteiger partial charge in [0.25, 0.3) is 0 Å². The molecule has 140 valence electrons. The van der Waals surface area contributed by atoms with Gasteiger partial charge in [-0.2, -0.15) is 0 Å². The Morgan fingerprint density at radius 2 is 0.786 bits per heavy atom. The predicted molar refractivity (Wildman–Crippen MR) is 114 cm³/mol. The fourth-order valence-corrected chi connectivity index (χ4v) is 5.46. The van der Waals surface area contributed by atoms with Crippen molar-refractivity contribution < 1.29 is 13.3 Å². The molecule has 3 nitrogen and oxygen atoms in total. The van der Waals surface area contributed by atoms with Crippen LogP contribution < -0.4 is 0 Å². The third kappa shape index (κ3) is 3.18. The van der Waals surface area contributed by atoms with Gasteiger partial charge in [0.15, 0.2) is 0 Å². The highest BCUT2D eigenvalue weighted by Gasteiger charge is 2.39. The first-order valence-electron chi connectivity index (χ1n) is 8.92. The maximum absolute atomic E-state index is 13.9. The smallest absolute Gasteiger partial charge is 0.136 e. The Hall–Kier alpha value is -3.05. The van der Waals surface area contributed by atoms with E-state index in [1.165, 1.54) is 12.1 Å². The second kappa shape index (κ2) is 6.84. The van der Waals surface area contributed by atoms with Crippen LogP contribution in [0.15, 0.2) is 119 Å². The Balaban J connectivity index is 1.99. The molecule has 0 aliphatic heterocycles. The van der Waals surface area contributed by atoms with E-state index < -0.39 is 9.63 Å². The Labute approximate surface area is 164 Å². The molecule has 0 unspecified atom stereocenters. The molecule has 4 aromatic carbocycles. The van der Waals surface area contributed by atoms with Gasteiger partial charge in [-0.15, -0.1) is 0 Å². The van der Waals surface area contributed by atoms with Gasteiger partial charge in [-0.05, 0) is 23.3 Å². The van der Waals surface area contributed by atoms with Gasteiger partial charge < -0.3 is 9.11 Å². The van der Waals surface area contributed by atoms with Crippen molar-refractivity contribution in [3.8, 4) is 22.3 Å². The highest BCUT2D eigenvalue weighted by molar-refractivity contribution is 8.10. The van der Waals surface area contributed by atoms with Gasteiger partial charge in [0, 0.05) is 11.1 Å². The second-order valence-electron chi connectivity index (χ2n) is 6.59. The standard InChI is InChI=1S/C24H20O3S/c25-28(26,27,23-17-9-7-15-21(23)19-11-3-1-4-12-19)24-18-10-8-16-22(24)20-13-5-2-6-14-20/h1-18H,(H2,25,26,27). The first-order valence-corrected chi connectivity index (χ1v) is 10.8. The maximum Gasteiger partial charge on any atom is 0.136 e. The van der Waals surface area contributed by atoms with Crippen molar-refractivity contribution in [2.45, 2.75) is 9.79 Å². The van der Waals surface area contributed by atoms with E-state index in [4.69, 9.17) is 0 Å². The molecule has 4 rings (SSSR count). The summed E-state index contributed by atoms with van der Waals surface area (Å²) >= 11 is 0. The molecule has 0 saturated carbocycles. The molecule has 28 heavy (non-hydrogen) atoms. The largest absolute Gasteiger partial charge is 0.301 e. The molecular weight excluding hydrogens is 368 g/mol. The van der Waals surface area contributed by atoms with Gasteiger partial charge in [0.2, 0.25) is 0 Å². The van der Waals surface area contributed by atoms with Crippen molar-refractivity contribution in [3.63, 3.8) is 0 Å². The molecule has 0 spiro atoms. The van der Waals surface area contributed by atoms with Crippen molar-refractivity contribution >= 4 is 9.63 Å². The van der Waals surface area contributed by atoms with Crippen LogP contribution in [-0.2, 0) is 9.63 Å². The summed E-state index contributed by atoms with van der Waals surface area (Å²) < 4.78 is 36.5. The van der Waals surface area contributed by atoms with Crippen molar-refractivity contribution in [2.75, 3.05) is 0 Å². The Morgan fingerprint density at radius 1 is 0.464 bits per heavy atom. The monoisotopic (exact) mass is 388 g/mol. The van der Waals surface area contributed by atoms with Gasteiger partial charge in [-0.1, -0.05) is 97.1 Å². The van der Waals surface area contributed by atoms with Crippen LogP contribution in [0.2, 0.25) is 0 Å². The number of benzene rings is 4. The molecule has 0 radical (unpaired) electrons. The van der Waals surface area contributed by atoms with Crippen molar-refractivity contribution in [3.05, 3.63) is 109 Å². The van der Waals surface area contributed by atoms with E-state index in [-0.39, 0.29) is 9.79 Å². The van der Waals surface area contributed by atoms with Gasteiger partial charge in [0.05, 0.1) is 9.79 Å². The molecular formula is C24H20O3S. The summed E-state index contributed by atoms with van der Waals surface area (Å²) in [7, 11) is -5.35. The summed E-state index contributed by atoms with van der Waals surface area (Å²) in [6, 6.07) is 32.0. The van der Waals surface area contributed by atoms with E-state index >= 15 is 0 Å². The molecule has 0 atom stereocenters. The van der Waals surface area contributed by atoms with Gasteiger partial charge in [-0.25, -0.2) is 4.21 Å². The zero-order valence-corrected chi connectivity index (χ0v) is 15.9. The summed E-state index contributed by atoms with van der Waals surface area (Å²) in [5.74, 6) is 0. The molecule has 4 aromatic rings. The predicted octanol–water partition coefficient (Wildman–Crippen LogP) is 6.20. The molecule has 4 heteroatoms. The lowest BCUT2D eigenvalue weighted by Gasteiger charge is -2.34. The molecule has 0 aromatic heterocycles. The van der Waals surface area contributed by atoms with Crippen LogP contribution >= 0.6 is 0 Å². The van der Waals surface area contributed by atoms with E-state index in [9.17, 15) is 13.3 Å². The average Bonchev–Trinajstić information content (AvgIpc) is 2.75. The van der Waals surface area contributed by atoms with E-state index in [2.05, 4.69) is 0 Å². The van der Waals surface area contributed by atoms with Crippen LogP contribution in [0.4, 0.5) is 0 Å². The fraction of sp³-hybridized carbons (Fsp3) is 0. The zero-order valence-electron chi connectivity index (χ0n) is 15.1. The molecule has 0 aliphatic carbocycles. The van der Waals surface area contributed by atoms with E-state index in [0.717, 1.165) is 11.1 Å². The fourth-order valence-electron chi connectivity index (χ4n) is 3.41. The average molecular weight is 388 g/mol. The minimum Gasteiger partial charge on any atom is -0.301 e. The van der Waals surface area contributed by atoms with Crippen molar-refractivity contribution in [2.24, 2.45) is 0 Å². The summed E-state index contributed by atoms with van der Waals surface area (Å²) in [5.41, 5.74) is 2.57. The maximum atomic E-state index is 13.9. The number of rotatable bonds is 4. The third-order valence-electron chi connectivity index (χ3n) is 4.74. The van der Waals surface area contributed by atoms with Gasteiger partial charge in [0.1, 0.15) is 9.63 Å². The Morgan fingerprint density at radius 3 is 1.18 bits per heavy atom. The quantitative estimate of drug-likeness (QED) is 0.437. The molecule has 0 saturated heterocycles. The lowest BCUT2D eigenvalue weighted by molar-refractivity contribution is 0.390. The summed E-state index contributed by atoms with van der Waals surface area (Å²) in [6.07, 6.45) is 0. The highest BCUT2D eigenvalue weighted by atomic mass is 32.3. The molecule has 0 heterocycles. The topological polar surface area (TPSA) is 57.5 Å². The molecule has 0 amide bonds. The molecule has 2 N–H and O–H groups in total. The normalized spacial score (nSPS) is 12.9. The first-order chi connectivity index (χ1) is 13.5. The number of hydrogen-bond acceptors (Lipinski definition) is 1. The third-order valence-corrected chi connectivity index (χ3v) is 7.03. The Bertz CT molecular complexity index is 1090. The molecule has 0 bridgehead atoms. The van der Waals surface area contributed by atoms with Gasteiger partial charge >= 0.3 is 0 Å². The van der Waals surface area contributed by atoms with Crippen LogP contribution in [0, 0.1) is 0 Å². The second-order valence-corrected chi connectivity index (χ2v) is 9.20. The highest BCUT2D eigenvalue weighted by Crippen LogP contribution is 2.46. The van der Waals surface area contributed by atoms with Crippen LogP contribution in [-0.4, -0.2) is 13.3 Å². The van der Waals surface area contributed by atoms with E-state index in [1.807, 2.05) is 60.7 Å². The van der Waals surface area contributed by atoms with Gasteiger partial charge in [-0.3, -0.25) is 0 Å². The molecule has 0 fully saturated rings. The lowest BCUT2D eigenvalue weighted by Crippen LogP contribution is -2.33. The lowest BCUT2D eigenvalue weighted by atomic mass is 10.1. The van der Waals surface area contributed by atoms with Crippen LogP contribution in [0.1, 0.15) is 0 Å². The van der Waals surface area contributed by atoms with Crippen LogP contribution in [0.25, 0.3) is 22.3 Å². The van der Waals surface area contributed by atoms with Crippen LogP contribution in [0.3, 0.4) is 0 Å². The van der Waals surface area contributed by atoms with E-state index in [0.29, 0.717) is 11.1 Å². The summed E-state index contributed by atoms with van der Waals surface area (Å²) in [5, 5.41) is 0. The SMILES string of the molecule is O=S(O)(O)(c1ccccc1-c1ccccc1)c1ccccc1-c1ccccc1.